The zero-order valence-electron chi connectivity index (χ0n) is 17.0. The van der Waals surface area contributed by atoms with Gasteiger partial charge >= 0.3 is 0 Å². The number of piperidine rings is 2. The second kappa shape index (κ2) is 8.60. The number of nitrogens with zero attached hydrogens (tertiary/aromatic N) is 4. The molecule has 0 aromatic carbocycles. The molecule has 3 saturated heterocycles. The van der Waals surface area contributed by atoms with Crippen LogP contribution in [0.2, 0.25) is 0 Å². The summed E-state index contributed by atoms with van der Waals surface area (Å²) < 4.78 is 0. The molecular weight excluding hydrogens is 352 g/mol. The minimum absolute atomic E-state index is 0.0443. The van der Waals surface area contributed by atoms with Crippen LogP contribution in [-0.4, -0.2) is 76.8 Å². The summed E-state index contributed by atoms with van der Waals surface area (Å²) in [6.45, 7) is 7.35. The molecule has 0 bridgehead atoms. The van der Waals surface area contributed by atoms with E-state index in [2.05, 4.69) is 14.8 Å². The van der Waals surface area contributed by atoms with Crippen LogP contribution < -0.4 is 0 Å². The predicted molar refractivity (Wildman–Crippen MR) is 108 cm³/mol. The first-order valence-electron chi connectivity index (χ1n) is 10.9. The highest BCUT2D eigenvalue weighted by Crippen LogP contribution is 2.26. The molecule has 3 aliphatic rings. The van der Waals surface area contributed by atoms with E-state index in [4.69, 9.17) is 0 Å². The van der Waals surface area contributed by atoms with Gasteiger partial charge in [0.2, 0.25) is 5.91 Å². The SMILES string of the molecule is Cc1cccc(C(=O)N2CCC(N3CCC[C@H](C(=O)N4CCCC4)C3)CC2)n1. The molecule has 3 aliphatic heterocycles. The van der Waals surface area contributed by atoms with Crippen molar-refractivity contribution < 1.29 is 9.59 Å². The van der Waals surface area contributed by atoms with E-state index in [1.165, 1.54) is 0 Å². The van der Waals surface area contributed by atoms with Gasteiger partial charge in [0, 0.05) is 44.5 Å². The van der Waals surface area contributed by atoms with Crippen LogP contribution in [0.4, 0.5) is 0 Å². The minimum atomic E-state index is 0.0443. The third kappa shape index (κ3) is 4.22. The van der Waals surface area contributed by atoms with Crippen molar-refractivity contribution in [2.24, 2.45) is 5.92 Å². The Morgan fingerprint density at radius 3 is 2.39 bits per heavy atom. The van der Waals surface area contributed by atoms with Crippen molar-refractivity contribution in [3.05, 3.63) is 29.6 Å². The summed E-state index contributed by atoms with van der Waals surface area (Å²) in [4.78, 5) is 36.4. The van der Waals surface area contributed by atoms with Crippen LogP contribution in [0.1, 0.15) is 54.7 Å². The molecule has 1 aromatic heterocycles. The Hall–Kier alpha value is -1.95. The van der Waals surface area contributed by atoms with Gasteiger partial charge in [-0.3, -0.25) is 14.5 Å². The number of aryl methyl sites for hydroxylation is 1. The summed E-state index contributed by atoms with van der Waals surface area (Å²) in [5.41, 5.74) is 1.43. The average molecular weight is 385 g/mol. The van der Waals surface area contributed by atoms with Gasteiger partial charge in [0.1, 0.15) is 5.69 Å². The quantitative estimate of drug-likeness (QED) is 0.803. The molecule has 0 aliphatic carbocycles. The van der Waals surface area contributed by atoms with Gasteiger partial charge in [-0.05, 0) is 64.1 Å². The van der Waals surface area contributed by atoms with Crippen LogP contribution in [0, 0.1) is 12.8 Å². The molecule has 0 radical (unpaired) electrons. The lowest BCUT2D eigenvalue weighted by atomic mass is 9.93. The number of aromatic nitrogens is 1. The average Bonchev–Trinajstić information content (AvgIpc) is 3.28. The number of likely N-dealkylation sites (tertiary alicyclic amines) is 3. The molecule has 1 atom stereocenters. The molecule has 2 amide bonds. The van der Waals surface area contributed by atoms with Crippen LogP contribution in [0.15, 0.2) is 18.2 Å². The van der Waals surface area contributed by atoms with Crippen LogP contribution in [0.3, 0.4) is 0 Å². The molecule has 0 N–H and O–H groups in total. The maximum absolute atomic E-state index is 12.8. The van der Waals surface area contributed by atoms with Crippen LogP contribution >= 0.6 is 0 Å². The first-order valence-corrected chi connectivity index (χ1v) is 10.9. The topological polar surface area (TPSA) is 56.8 Å². The van der Waals surface area contributed by atoms with Gasteiger partial charge in [0.25, 0.3) is 5.91 Å². The highest BCUT2D eigenvalue weighted by molar-refractivity contribution is 5.92. The van der Waals surface area contributed by atoms with E-state index in [1.807, 2.05) is 24.0 Å². The van der Waals surface area contributed by atoms with Crippen LogP contribution in [0.5, 0.6) is 0 Å². The van der Waals surface area contributed by atoms with Crippen molar-refractivity contribution in [2.75, 3.05) is 39.3 Å². The normalized spacial score (nSPS) is 24.5. The zero-order chi connectivity index (χ0) is 19.5. The van der Waals surface area contributed by atoms with Gasteiger partial charge in [-0.2, -0.15) is 0 Å². The van der Waals surface area contributed by atoms with Crippen molar-refractivity contribution in [3.63, 3.8) is 0 Å². The Morgan fingerprint density at radius 1 is 0.929 bits per heavy atom. The molecule has 4 rings (SSSR count). The van der Waals surface area contributed by atoms with Gasteiger partial charge in [-0.1, -0.05) is 6.07 Å². The van der Waals surface area contributed by atoms with Crippen molar-refractivity contribution >= 4 is 11.8 Å². The van der Waals surface area contributed by atoms with Crippen molar-refractivity contribution in [1.29, 1.82) is 0 Å². The monoisotopic (exact) mass is 384 g/mol. The highest BCUT2D eigenvalue weighted by atomic mass is 16.2. The van der Waals surface area contributed by atoms with E-state index in [0.717, 1.165) is 83.5 Å². The van der Waals surface area contributed by atoms with Gasteiger partial charge in [0.05, 0.1) is 5.92 Å². The fraction of sp³-hybridized carbons (Fsp3) is 0.682. The second-order valence-electron chi connectivity index (χ2n) is 8.55. The van der Waals surface area contributed by atoms with Crippen LogP contribution in [-0.2, 0) is 4.79 Å². The van der Waals surface area contributed by atoms with Crippen molar-refractivity contribution in [3.8, 4) is 0 Å². The van der Waals surface area contributed by atoms with E-state index < -0.39 is 0 Å². The number of amides is 2. The van der Waals surface area contributed by atoms with Gasteiger partial charge < -0.3 is 9.80 Å². The minimum Gasteiger partial charge on any atom is -0.342 e. The smallest absolute Gasteiger partial charge is 0.272 e. The summed E-state index contributed by atoms with van der Waals surface area (Å²) in [5, 5.41) is 0. The molecule has 0 spiro atoms. The number of pyridine rings is 1. The summed E-state index contributed by atoms with van der Waals surface area (Å²) in [5.74, 6) is 0.589. The molecule has 1 aromatic rings. The standard InChI is InChI=1S/C22H32N4O2/c1-17-6-4-8-20(23-17)22(28)25-14-9-19(10-15-25)26-13-5-7-18(16-26)21(27)24-11-2-3-12-24/h4,6,8,18-19H,2-3,5,7,9-16H2,1H3/t18-/m0/s1. The largest absolute Gasteiger partial charge is 0.342 e. The third-order valence-electron chi connectivity index (χ3n) is 6.60. The Morgan fingerprint density at radius 2 is 1.68 bits per heavy atom. The molecule has 0 unspecified atom stereocenters. The summed E-state index contributed by atoms with van der Waals surface area (Å²) in [7, 11) is 0. The molecule has 3 fully saturated rings. The number of carbonyl (C=O) groups is 2. The Labute approximate surface area is 167 Å². The fourth-order valence-corrected chi connectivity index (χ4v) is 4.99. The lowest BCUT2D eigenvalue weighted by molar-refractivity contribution is -0.136. The zero-order valence-corrected chi connectivity index (χ0v) is 17.0. The molecule has 4 heterocycles. The fourth-order valence-electron chi connectivity index (χ4n) is 4.99. The summed E-state index contributed by atoms with van der Waals surface area (Å²) in [6, 6.07) is 6.11. The van der Waals surface area contributed by atoms with E-state index in [9.17, 15) is 9.59 Å². The maximum atomic E-state index is 12.8. The maximum Gasteiger partial charge on any atom is 0.272 e. The lowest BCUT2D eigenvalue weighted by Gasteiger charge is -2.42. The number of carbonyl (C=O) groups excluding carboxylic acids is 2. The molecule has 6 nitrogen and oxygen atoms in total. The first-order chi connectivity index (χ1) is 13.6. The Kier molecular flexibility index (Phi) is 5.95. The number of hydrogen-bond donors (Lipinski definition) is 0. The molecular formula is C22H32N4O2. The molecule has 28 heavy (non-hydrogen) atoms. The highest BCUT2D eigenvalue weighted by Gasteiger charge is 2.34. The third-order valence-corrected chi connectivity index (χ3v) is 6.60. The Balaban J connectivity index is 1.30. The number of hydrogen-bond acceptors (Lipinski definition) is 4. The predicted octanol–water partition coefficient (Wildman–Crippen LogP) is 2.33. The summed E-state index contributed by atoms with van der Waals surface area (Å²) >= 11 is 0. The summed E-state index contributed by atoms with van der Waals surface area (Å²) in [6.07, 6.45) is 6.43. The van der Waals surface area contributed by atoms with Crippen LogP contribution in [0.25, 0.3) is 0 Å². The van der Waals surface area contributed by atoms with E-state index in [-0.39, 0.29) is 11.8 Å². The number of rotatable bonds is 3. The first kappa shape index (κ1) is 19.4. The van der Waals surface area contributed by atoms with E-state index >= 15 is 0 Å². The second-order valence-corrected chi connectivity index (χ2v) is 8.55. The molecule has 152 valence electrons. The Bertz CT molecular complexity index is 708. The van der Waals surface area contributed by atoms with Gasteiger partial charge in [-0.15, -0.1) is 0 Å². The van der Waals surface area contributed by atoms with Gasteiger partial charge in [0.15, 0.2) is 0 Å². The lowest BCUT2D eigenvalue weighted by Crippen LogP contribution is -2.51. The molecule has 0 saturated carbocycles. The van der Waals surface area contributed by atoms with E-state index in [0.29, 0.717) is 17.6 Å². The van der Waals surface area contributed by atoms with Crippen molar-refractivity contribution in [1.82, 2.24) is 19.7 Å². The van der Waals surface area contributed by atoms with Crippen molar-refractivity contribution in [2.45, 2.75) is 51.5 Å². The molecule has 6 heteroatoms. The van der Waals surface area contributed by atoms with Gasteiger partial charge in [-0.25, -0.2) is 4.98 Å². The van der Waals surface area contributed by atoms with E-state index in [1.54, 1.807) is 6.07 Å².